The molecule has 0 fully saturated rings. The molecule has 4 aromatic carbocycles. The molecule has 0 radical (unpaired) electrons. The van der Waals surface area contributed by atoms with E-state index in [0.29, 0.717) is 18.8 Å². The van der Waals surface area contributed by atoms with Crippen molar-refractivity contribution in [2.45, 2.75) is 25.6 Å². The summed E-state index contributed by atoms with van der Waals surface area (Å²) < 4.78 is 11.2. The first-order valence-corrected chi connectivity index (χ1v) is 10.2. The summed E-state index contributed by atoms with van der Waals surface area (Å²) in [5.41, 5.74) is 1.12. The first-order chi connectivity index (χ1) is 14.7. The molecule has 0 aromatic heterocycles. The summed E-state index contributed by atoms with van der Waals surface area (Å²) in [5.74, 6) is 0.296. The minimum absolute atomic E-state index is 0.0959. The van der Waals surface area contributed by atoms with Gasteiger partial charge in [-0.25, -0.2) is 0 Å². The van der Waals surface area contributed by atoms with Gasteiger partial charge in [-0.2, -0.15) is 0 Å². The molecule has 30 heavy (non-hydrogen) atoms. The van der Waals surface area contributed by atoms with Crippen LogP contribution in [0.4, 0.5) is 0 Å². The maximum Gasteiger partial charge on any atom is 0.306 e. The topological polar surface area (TPSA) is 55.8 Å². The number of rotatable bonds is 8. The quantitative estimate of drug-likeness (QED) is 0.249. The van der Waals surface area contributed by atoms with Crippen molar-refractivity contribution in [1.82, 2.24) is 0 Å². The fourth-order valence-corrected chi connectivity index (χ4v) is 3.53. The van der Waals surface area contributed by atoms with E-state index in [1.807, 2.05) is 78.9 Å². The summed E-state index contributed by atoms with van der Waals surface area (Å²) in [6.45, 7) is 0.327. The molecule has 0 saturated heterocycles. The van der Waals surface area contributed by atoms with Gasteiger partial charge in [0.25, 0.3) is 0 Å². The van der Waals surface area contributed by atoms with Crippen LogP contribution in [0.15, 0.2) is 84.9 Å². The number of aliphatic hydroxyl groups excluding tert-OH is 1. The molecule has 4 aromatic rings. The fraction of sp³-hybridized carbons (Fsp3) is 0.192. The predicted molar refractivity (Wildman–Crippen MR) is 118 cm³/mol. The van der Waals surface area contributed by atoms with E-state index in [0.717, 1.165) is 27.1 Å². The molecule has 1 N–H and O–H groups in total. The van der Waals surface area contributed by atoms with Crippen molar-refractivity contribution in [3.05, 3.63) is 90.5 Å². The van der Waals surface area contributed by atoms with Crippen molar-refractivity contribution in [2.75, 3.05) is 6.61 Å². The Balaban J connectivity index is 1.37. The summed E-state index contributed by atoms with van der Waals surface area (Å²) in [7, 11) is 0. The zero-order chi connectivity index (χ0) is 20.8. The lowest BCUT2D eigenvalue weighted by molar-refractivity contribution is -0.145. The first-order valence-electron chi connectivity index (χ1n) is 10.2. The molecule has 1 atom stereocenters. The van der Waals surface area contributed by atoms with Crippen LogP contribution < -0.4 is 4.74 Å². The summed E-state index contributed by atoms with van der Waals surface area (Å²) in [6, 6.07) is 27.8. The van der Waals surface area contributed by atoms with Crippen molar-refractivity contribution < 1.29 is 19.4 Å². The number of hydrogen-bond acceptors (Lipinski definition) is 4. The van der Waals surface area contributed by atoms with Crippen LogP contribution in [0, 0.1) is 0 Å². The van der Waals surface area contributed by atoms with E-state index in [2.05, 4.69) is 6.07 Å². The number of hydrogen-bond donors (Lipinski definition) is 1. The molecule has 0 aliphatic rings. The molecule has 4 nitrogen and oxygen atoms in total. The minimum atomic E-state index is -1.10. The zero-order valence-corrected chi connectivity index (χ0v) is 16.7. The number of carbonyl (C=O) groups excluding carboxylic acids is 1. The highest BCUT2D eigenvalue weighted by Gasteiger charge is 2.15. The van der Waals surface area contributed by atoms with E-state index in [9.17, 15) is 9.90 Å². The van der Waals surface area contributed by atoms with Crippen molar-refractivity contribution in [2.24, 2.45) is 0 Å². The number of aliphatic hydroxyl groups is 1. The van der Waals surface area contributed by atoms with Crippen LogP contribution in [-0.2, 0) is 16.0 Å². The van der Waals surface area contributed by atoms with Crippen LogP contribution in [0.3, 0.4) is 0 Å². The average molecular weight is 400 g/mol. The fourth-order valence-electron chi connectivity index (χ4n) is 3.53. The SMILES string of the molecule is O=C(CCC(O)Oc1c2ccccc2cc2ccccc12)OCCc1ccccc1. The summed E-state index contributed by atoms with van der Waals surface area (Å²) in [5, 5.41) is 14.4. The maximum atomic E-state index is 12.0. The lowest BCUT2D eigenvalue weighted by atomic mass is 10.0. The predicted octanol–water partition coefficient (Wildman–Crippen LogP) is 5.26. The zero-order valence-electron chi connectivity index (χ0n) is 16.7. The third-order valence-corrected chi connectivity index (χ3v) is 5.07. The van der Waals surface area contributed by atoms with E-state index in [4.69, 9.17) is 9.47 Å². The number of ether oxygens (including phenoxy) is 2. The Kier molecular flexibility index (Phi) is 6.26. The monoisotopic (exact) mass is 400 g/mol. The van der Waals surface area contributed by atoms with Crippen LogP contribution in [0.5, 0.6) is 5.75 Å². The van der Waals surface area contributed by atoms with Crippen molar-refractivity contribution >= 4 is 27.5 Å². The Hall–Kier alpha value is -3.37. The van der Waals surface area contributed by atoms with E-state index >= 15 is 0 Å². The normalized spacial score (nSPS) is 12.0. The molecule has 152 valence electrons. The lowest BCUT2D eigenvalue weighted by Gasteiger charge is -2.17. The number of fused-ring (bicyclic) bond motifs is 2. The highest BCUT2D eigenvalue weighted by atomic mass is 16.6. The average Bonchev–Trinajstić information content (AvgIpc) is 2.78. The number of carbonyl (C=O) groups is 1. The first kappa shape index (κ1) is 19.9. The van der Waals surface area contributed by atoms with Gasteiger partial charge < -0.3 is 14.6 Å². The largest absolute Gasteiger partial charge is 0.465 e. The molecule has 4 heteroatoms. The number of esters is 1. The van der Waals surface area contributed by atoms with Crippen molar-refractivity contribution in [3.63, 3.8) is 0 Å². The van der Waals surface area contributed by atoms with Gasteiger partial charge in [-0.3, -0.25) is 4.79 Å². The molecule has 0 heterocycles. The molecule has 1 unspecified atom stereocenters. The van der Waals surface area contributed by atoms with Gasteiger partial charge in [0.15, 0.2) is 6.29 Å². The second-order valence-corrected chi connectivity index (χ2v) is 7.22. The van der Waals surface area contributed by atoms with Crippen molar-refractivity contribution in [3.8, 4) is 5.75 Å². The maximum absolute atomic E-state index is 12.0. The van der Waals surface area contributed by atoms with Crippen LogP contribution in [0.1, 0.15) is 18.4 Å². The minimum Gasteiger partial charge on any atom is -0.465 e. The second-order valence-electron chi connectivity index (χ2n) is 7.22. The highest BCUT2D eigenvalue weighted by Crippen LogP contribution is 2.35. The van der Waals surface area contributed by atoms with Gasteiger partial charge in [-0.15, -0.1) is 0 Å². The van der Waals surface area contributed by atoms with E-state index < -0.39 is 6.29 Å². The van der Waals surface area contributed by atoms with Gasteiger partial charge >= 0.3 is 5.97 Å². The molecule has 0 amide bonds. The standard InChI is InChI=1S/C26H24O4/c27-24(29-17-16-19-8-2-1-3-9-19)14-15-25(28)30-26-22-12-6-4-10-20(22)18-21-11-5-7-13-23(21)26/h1-13,18,25,28H,14-17H2. The van der Waals surface area contributed by atoms with Crippen LogP contribution in [0.2, 0.25) is 0 Å². The summed E-state index contributed by atoms with van der Waals surface area (Å²) in [4.78, 5) is 12.0. The Morgan fingerprint density at radius 1 is 0.833 bits per heavy atom. The second kappa shape index (κ2) is 9.42. The molecule has 0 spiro atoms. The van der Waals surface area contributed by atoms with Gasteiger partial charge in [0.05, 0.1) is 13.0 Å². The lowest BCUT2D eigenvalue weighted by Crippen LogP contribution is -2.18. The summed E-state index contributed by atoms with van der Waals surface area (Å²) in [6.07, 6.45) is -0.158. The summed E-state index contributed by atoms with van der Waals surface area (Å²) >= 11 is 0. The van der Waals surface area contributed by atoms with E-state index in [-0.39, 0.29) is 18.8 Å². The van der Waals surface area contributed by atoms with Gasteiger partial charge in [-0.05, 0) is 22.4 Å². The van der Waals surface area contributed by atoms with Crippen LogP contribution in [-0.4, -0.2) is 24.0 Å². The molecule has 4 rings (SSSR count). The van der Waals surface area contributed by atoms with E-state index in [1.54, 1.807) is 0 Å². The molecule has 0 bridgehead atoms. The Labute approximate surface area is 175 Å². The Bertz CT molecular complexity index is 1080. The molecule has 0 aliphatic heterocycles. The third kappa shape index (κ3) is 4.78. The van der Waals surface area contributed by atoms with Gasteiger partial charge in [-0.1, -0.05) is 78.9 Å². The van der Waals surface area contributed by atoms with Crippen LogP contribution in [0.25, 0.3) is 21.5 Å². The molecular formula is C26H24O4. The smallest absolute Gasteiger partial charge is 0.306 e. The highest BCUT2D eigenvalue weighted by molar-refractivity contribution is 6.05. The third-order valence-electron chi connectivity index (χ3n) is 5.07. The van der Waals surface area contributed by atoms with E-state index in [1.165, 1.54) is 0 Å². The van der Waals surface area contributed by atoms with Gasteiger partial charge in [0, 0.05) is 23.6 Å². The van der Waals surface area contributed by atoms with Gasteiger partial charge in [0.2, 0.25) is 0 Å². The molecule has 0 saturated carbocycles. The Morgan fingerprint density at radius 2 is 1.43 bits per heavy atom. The van der Waals surface area contributed by atoms with Crippen molar-refractivity contribution in [1.29, 1.82) is 0 Å². The molecule has 0 aliphatic carbocycles. The number of benzene rings is 4. The van der Waals surface area contributed by atoms with Crippen LogP contribution >= 0.6 is 0 Å². The van der Waals surface area contributed by atoms with Gasteiger partial charge in [0.1, 0.15) is 5.75 Å². The Morgan fingerprint density at radius 3 is 2.10 bits per heavy atom. The molecular weight excluding hydrogens is 376 g/mol.